The van der Waals surface area contributed by atoms with E-state index in [4.69, 9.17) is 5.73 Å². The molecule has 1 saturated heterocycles. The van der Waals surface area contributed by atoms with Gasteiger partial charge in [0.05, 0.1) is 11.6 Å². The Hall–Kier alpha value is -3.63. The first kappa shape index (κ1) is 20.6. The van der Waals surface area contributed by atoms with E-state index in [0.29, 0.717) is 35.6 Å². The summed E-state index contributed by atoms with van der Waals surface area (Å²) in [6.07, 6.45) is 1.81. The van der Waals surface area contributed by atoms with Crippen molar-refractivity contribution in [3.05, 3.63) is 47.3 Å². The molecule has 2 aliphatic heterocycles. The van der Waals surface area contributed by atoms with Crippen LogP contribution < -0.4 is 32.3 Å². The summed E-state index contributed by atoms with van der Waals surface area (Å²) in [6.45, 7) is 4.46. The number of aromatic amines is 1. The monoisotopic (exact) mass is 423 g/mol. The minimum Gasteiger partial charge on any atom is -0.361 e. The lowest BCUT2D eigenvalue weighted by Gasteiger charge is -2.23. The summed E-state index contributed by atoms with van der Waals surface area (Å²) >= 11 is 0. The SMILES string of the molecule is C/C(=C1\C(=O)Nc2ccc(NC(N)=O)cc21)c1cc(CNC(=O)C2CNCCN2)c[nH]1. The van der Waals surface area contributed by atoms with Gasteiger partial charge < -0.3 is 37.3 Å². The van der Waals surface area contributed by atoms with E-state index in [0.717, 1.165) is 29.9 Å². The zero-order valence-electron chi connectivity index (χ0n) is 17.1. The summed E-state index contributed by atoms with van der Waals surface area (Å²) in [4.78, 5) is 39.2. The van der Waals surface area contributed by atoms with Gasteiger partial charge in [-0.05, 0) is 42.3 Å². The van der Waals surface area contributed by atoms with Crippen LogP contribution in [0.15, 0.2) is 30.5 Å². The molecular weight excluding hydrogens is 398 g/mol. The quantitative estimate of drug-likeness (QED) is 0.350. The average molecular weight is 423 g/mol. The van der Waals surface area contributed by atoms with Crippen LogP contribution in [0.4, 0.5) is 16.2 Å². The van der Waals surface area contributed by atoms with Gasteiger partial charge in [0.15, 0.2) is 0 Å². The summed E-state index contributed by atoms with van der Waals surface area (Å²) in [7, 11) is 0. The van der Waals surface area contributed by atoms with E-state index < -0.39 is 6.03 Å². The van der Waals surface area contributed by atoms with Crippen LogP contribution in [0.3, 0.4) is 0 Å². The molecule has 0 aliphatic carbocycles. The average Bonchev–Trinajstić information content (AvgIpc) is 3.35. The number of hydrogen-bond donors (Lipinski definition) is 7. The van der Waals surface area contributed by atoms with E-state index in [2.05, 4.69) is 31.6 Å². The first-order valence-corrected chi connectivity index (χ1v) is 10.0. The molecule has 2 aliphatic rings. The largest absolute Gasteiger partial charge is 0.361 e. The number of amides is 4. The Morgan fingerprint density at radius 1 is 1.23 bits per heavy atom. The van der Waals surface area contributed by atoms with E-state index in [1.54, 1.807) is 18.2 Å². The predicted molar refractivity (Wildman–Crippen MR) is 118 cm³/mol. The first-order chi connectivity index (χ1) is 14.9. The standard InChI is InChI=1S/C21H25N7O3/c1-11(18-14-7-13(27-21(22)31)2-3-15(14)28-20(18)30)16-6-12(8-25-16)9-26-19(29)17-10-23-4-5-24-17/h2-3,6-8,17,23-25H,4-5,9-10H2,1H3,(H,26,29)(H,28,30)(H3,22,27,31)/b18-11+. The molecule has 0 radical (unpaired) electrons. The maximum absolute atomic E-state index is 12.6. The van der Waals surface area contributed by atoms with Gasteiger partial charge in [-0.15, -0.1) is 0 Å². The van der Waals surface area contributed by atoms with Gasteiger partial charge in [0.1, 0.15) is 0 Å². The molecule has 10 heteroatoms. The van der Waals surface area contributed by atoms with Gasteiger partial charge in [0.2, 0.25) is 5.91 Å². The molecule has 1 aromatic carbocycles. The summed E-state index contributed by atoms with van der Waals surface area (Å²) in [6, 6.07) is 6.11. The number of piperazine rings is 1. The lowest BCUT2D eigenvalue weighted by atomic mass is 9.99. The number of fused-ring (bicyclic) bond motifs is 1. The fourth-order valence-corrected chi connectivity index (χ4v) is 3.80. The highest BCUT2D eigenvalue weighted by atomic mass is 16.2. The van der Waals surface area contributed by atoms with E-state index >= 15 is 0 Å². The van der Waals surface area contributed by atoms with E-state index in [1.165, 1.54) is 0 Å². The fourth-order valence-electron chi connectivity index (χ4n) is 3.80. The molecule has 10 nitrogen and oxygen atoms in total. The van der Waals surface area contributed by atoms with Crippen molar-refractivity contribution in [1.29, 1.82) is 0 Å². The summed E-state index contributed by atoms with van der Waals surface area (Å²) in [5, 5.41) is 14.7. The molecule has 3 heterocycles. The predicted octanol–water partition coefficient (Wildman–Crippen LogP) is 0.566. The highest BCUT2D eigenvalue weighted by molar-refractivity contribution is 6.36. The maximum atomic E-state index is 12.6. The minimum atomic E-state index is -0.672. The third-order valence-corrected chi connectivity index (χ3v) is 5.38. The molecule has 8 N–H and O–H groups in total. The highest BCUT2D eigenvalue weighted by Crippen LogP contribution is 2.38. The van der Waals surface area contributed by atoms with Gasteiger partial charge in [-0.25, -0.2) is 4.79 Å². The van der Waals surface area contributed by atoms with E-state index in [-0.39, 0.29) is 17.9 Å². The van der Waals surface area contributed by atoms with Crippen molar-refractivity contribution in [2.75, 3.05) is 30.3 Å². The van der Waals surface area contributed by atoms with Crippen molar-refractivity contribution in [3.63, 3.8) is 0 Å². The first-order valence-electron chi connectivity index (χ1n) is 10.0. The molecule has 4 rings (SSSR count). The molecule has 1 atom stereocenters. The van der Waals surface area contributed by atoms with E-state index in [9.17, 15) is 14.4 Å². The van der Waals surface area contributed by atoms with Crippen LogP contribution >= 0.6 is 0 Å². The van der Waals surface area contributed by atoms with Crippen LogP contribution in [0, 0.1) is 0 Å². The Balaban J connectivity index is 1.51. The number of carbonyl (C=O) groups is 3. The molecule has 4 amide bonds. The number of urea groups is 1. The smallest absolute Gasteiger partial charge is 0.316 e. The van der Waals surface area contributed by atoms with Crippen molar-refractivity contribution in [1.82, 2.24) is 20.9 Å². The Morgan fingerprint density at radius 2 is 2.06 bits per heavy atom. The van der Waals surface area contributed by atoms with Gasteiger partial charge in [-0.1, -0.05) is 0 Å². The number of nitrogens with two attached hydrogens (primary N) is 1. The minimum absolute atomic E-state index is 0.0522. The van der Waals surface area contributed by atoms with Crippen molar-refractivity contribution < 1.29 is 14.4 Å². The Labute approximate surface area is 179 Å². The number of nitrogens with one attached hydrogen (secondary N) is 6. The lowest BCUT2D eigenvalue weighted by Crippen LogP contribution is -2.55. The number of aromatic nitrogens is 1. The van der Waals surface area contributed by atoms with Crippen LogP contribution in [0.5, 0.6) is 0 Å². The second-order valence-electron chi connectivity index (χ2n) is 7.55. The second-order valence-corrected chi connectivity index (χ2v) is 7.55. The molecule has 0 bridgehead atoms. The topological polar surface area (TPSA) is 153 Å². The Bertz CT molecular complexity index is 1070. The molecule has 0 saturated carbocycles. The summed E-state index contributed by atoms with van der Waals surface area (Å²) in [5.41, 5.74) is 10.00. The van der Waals surface area contributed by atoms with Crippen LogP contribution in [-0.4, -0.2) is 48.5 Å². The third kappa shape index (κ3) is 4.44. The van der Waals surface area contributed by atoms with Crippen LogP contribution in [0.2, 0.25) is 0 Å². The molecule has 2 aromatic rings. The normalized spacial score (nSPS) is 19.4. The number of allylic oxidation sites excluding steroid dienone is 1. The Morgan fingerprint density at radius 3 is 2.81 bits per heavy atom. The molecule has 1 unspecified atom stereocenters. The van der Waals surface area contributed by atoms with Gasteiger partial charge >= 0.3 is 6.03 Å². The van der Waals surface area contributed by atoms with Crippen LogP contribution in [-0.2, 0) is 16.1 Å². The Kier molecular flexibility index (Phi) is 5.74. The molecule has 1 aromatic heterocycles. The van der Waals surface area contributed by atoms with Gasteiger partial charge in [-0.3, -0.25) is 9.59 Å². The summed E-state index contributed by atoms with van der Waals surface area (Å²) in [5.74, 6) is -0.271. The van der Waals surface area contributed by atoms with E-state index in [1.807, 2.05) is 19.2 Å². The number of hydrogen-bond acceptors (Lipinski definition) is 5. The zero-order chi connectivity index (χ0) is 22.0. The number of primary amides is 1. The van der Waals surface area contributed by atoms with Crippen molar-refractivity contribution in [2.45, 2.75) is 19.5 Å². The fraction of sp³-hybridized carbons (Fsp3) is 0.286. The molecule has 162 valence electrons. The van der Waals surface area contributed by atoms with Crippen molar-refractivity contribution in [2.24, 2.45) is 5.73 Å². The molecule has 1 fully saturated rings. The van der Waals surface area contributed by atoms with Crippen molar-refractivity contribution >= 4 is 40.4 Å². The number of benzene rings is 1. The van der Waals surface area contributed by atoms with Crippen molar-refractivity contribution in [3.8, 4) is 0 Å². The number of anilines is 2. The summed E-state index contributed by atoms with van der Waals surface area (Å²) < 4.78 is 0. The maximum Gasteiger partial charge on any atom is 0.316 e. The van der Waals surface area contributed by atoms with Gasteiger partial charge in [0, 0.05) is 55.0 Å². The molecule has 31 heavy (non-hydrogen) atoms. The van der Waals surface area contributed by atoms with Crippen LogP contribution in [0.1, 0.15) is 23.7 Å². The molecular formula is C21H25N7O3. The second kappa shape index (κ2) is 8.62. The highest BCUT2D eigenvalue weighted by Gasteiger charge is 2.27. The van der Waals surface area contributed by atoms with Crippen LogP contribution in [0.25, 0.3) is 11.1 Å². The van der Waals surface area contributed by atoms with Gasteiger partial charge in [-0.2, -0.15) is 0 Å². The number of H-pyrrole nitrogens is 1. The zero-order valence-corrected chi connectivity index (χ0v) is 17.1. The van der Waals surface area contributed by atoms with Gasteiger partial charge in [0.25, 0.3) is 5.91 Å². The number of rotatable bonds is 5. The lowest BCUT2D eigenvalue weighted by molar-refractivity contribution is -0.123. The molecule has 0 spiro atoms. The third-order valence-electron chi connectivity index (χ3n) is 5.38. The number of carbonyl (C=O) groups excluding carboxylic acids is 3.